The first-order valence-electron chi connectivity index (χ1n) is 14.8. The molecule has 0 amide bonds. The first-order chi connectivity index (χ1) is 20.3. The number of fused-ring (bicyclic) bond motifs is 4. The highest BCUT2D eigenvalue weighted by molar-refractivity contribution is 7.91. The SMILES string of the molecule is Cc1cc(=O)[nH]c([C@@H]2Cc3nc(OC[C@@]45CCCN4C[C@H](F)C5)nc(N4C[C@H]5CC[C@@H](C4)N5)c3CS2(=O)=O)c1C(F)(F)F. The van der Waals surface area contributed by atoms with E-state index in [2.05, 4.69) is 20.2 Å². The second-order valence-corrected chi connectivity index (χ2v) is 14.9. The maximum Gasteiger partial charge on any atom is 0.418 e. The van der Waals surface area contributed by atoms with Gasteiger partial charge < -0.3 is 19.9 Å². The molecular weight excluding hydrogens is 592 g/mol. The average molecular weight is 627 g/mol. The minimum absolute atomic E-state index is 0.00464. The topological polar surface area (TPSA) is 121 Å². The molecule has 7 rings (SSSR count). The number of sulfone groups is 1. The molecule has 0 saturated carbocycles. The minimum Gasteiger partial charge on any atom is -0.461 e. The molecule has 5 atom stereocenters. The highest BCUT2D eigenvalue weighted by atomic mass is 32.2. The van der Waals surface area contributed by atoms with E-state index in [1.807, 2.05) is 4.90 Å². The van der Waals surface area contributed by atoms with Crippen molar-refractivity contribution in [2.45, 2.75) is 86.4 Å². The molecule has 7 heterocycles. The molecule has 0 spiro atoms. The Hall–Kier alpha value is -2.78. The number of hydrogen-bond donors (Lipinski definition) is 2. The van der Waals surface area contributed by atoms with Crippen LogP contribution in [0.3, 0.4) is 0 Å². The van der Waals surface area contributed by atoms with Crippen LogP contribution in [-0.4, -0.2) is 84.8 Å². The van der Waals surface area contributed by atoms with Gasteiger partial charge in [0.25, 0.3) is 0 Å². The van der Waals surface area contributed by atoms with Crippen molar-refractivity contribution in [2.75, 3.05) is 37.7 Å². The number of anilines is 1. The van der Waals surface area contributed by atoms with E-state index in [0.717, 1.165) is 45.2 Å². The summed E-state index contributed by atoms with van der Waals surface area (Å²) < 4.78 is 90.5. The van der Waals surface area contributed by atoms with Crippen LogP contribution in [0.2, 0.25) is 0 Å². The molecule has 0 aliphatic carbocycles. The van der Waals surface area contributed by atoms with Gasteiger partial charge >= 0.3 is 12.2 Å². The van der Waals surface area contributed by atoms with Gasteiger partial charge in [-0.1, -0.05) is 0 Å². The summed E-state index contributed by atoms with van der Waals surface area (Å²) in [5.41, 5.74) is -2.84. The molecule has 4 saturated heterocycles. The van der Waals surface area contributed by atoms with E-state index in [-0.39, 0.29) is 42.4 Å². The summed E-state index contributed by atoms with van der Waals surface area (Å²) >= 11 is 0. The van der Waals surface area contributed by atoms with Crippen LogP contribution in [0.1, 0.15) is 65.4 Å². The van der Waals surface area contributed by atoms with Crippen molar-refractivity contribution < 1.29 is 30.7 Å². The number of piperazine rings is 1. The van der Waals surface area contributed by atoms with Crippen molar-refractivity contribution in [1.29, 1.82) is 0 Å². The van der Waals surface area contributed by atoms with Gasteiger partial charge in [0.05, 0.1) is 22.5 Å². The van der Waals surface area contributed by atoms with Crippen molar-refractivity contribution in [3.63, 3.8) is 0 Å². The molecule has 5 aliphatic rings. The van der Waals surface area contributed by atoms with Gasteiger partial charge in [0, 0.05) is 61.9 Å². The van der Waals surface area contributed by atoms with Crippen LogP contribution in [0.4, 0.5) is 23.4 Å². The van der Waals surface area contributed by atoms with E-state index in [4.69, 9.17) is 9.72 Å². The van der Waals surface area contributed by atoms with Gasteiger partial charge in [-0.05, 0) is 44.7 Å². The normalized spacial score (nSPS) is 31.7. The number of halogens is 4. The van der Waals surface area contributed by atoms with Gasteiger partial charge in [-0.15, -0.1) is 0 Å². The predicted octanol–water partition coefficient (Wildman–Crippen LogP) is 2.60. The van der Waals surface area contributed by atoms with Crippen LogP contribution < -0.4 is 20.5 Å². The average Bonchev–Trinajstić information content (AvgIpc) is 3.55. The summed E-state index contributed by atoms with van der Waals surface area (Å²) in [7, 11) is -4.22. The summed E-state index contributed by atoms with van der Waals surface area (Å²) in [5, 5.41) is 1.87. The molecule has 2 bridgehead atoms. The third kappa shape index (κ3) is 5.10. The Balaban J connectivity index is 1.30. The Morgan fingerprint density at radius 2 is 1.91 bits per heavy atom. The third-order valence-electron chi connectivity index (χ3n) is 9.83. The van der Waals surface area contributed by atoms with Crippen LogP contribution in [0.5, 0.6) is 6.01 Å². The number of aryl methyl sites for hydroxylation is 1. The summed E-state index contributed by atoms with van der Waals surface area (Å²) in [6, 6.07) is 1.23. The fourth-order valence-corrected chi connectivity index (χ4v) is 9.82. The number of nitrogens with zero attached hydrogens (tertiary/aromatic N) is 4. The Morgan fingerprint density at radius 3 is 2.63 bits per heavy atom. The van der Waals surface area contributed by atoms with Crippen LogP contribution in [0.25, 0.3) is 0 Å². The quantitative estimate of drug-likeness (QED) is 0.483. The van der Waals surface area contributed by atoms with Crippen molar-refractivity contribution in [3.05, 3.63) is 44.5 Å². The monoisotopic (exact) mass is 626 g/mol. The van der Waals surface area contributed by atoms with Crippen LogP contribution in [0.15, 0.2) is 10.9 Å². The Bertz CT molecular complexity index is 1610. The number of hydrogen-bond acceptors (Lipinski definition) is 9. The van der Waals surface area contributed by atoms with E-state index in [0.29, 0.717) is 37.4 Å². The number of H-pyrrole nitrogens is 1. The highest BCUT2D eigenvalue weighted by Crippen LogP contribution is 2.44. The third-order valence-corrected chi connectivity index (χ3v) is 11.8. The minimum atomic E-state index is -4.88. The molecule has 2 N–H and O–H groups in total. The van der Waals surface area contributed by atoms with Crippen molar-refractivity contribution in [1.82, 2.24) is 25.2 Å². The van der Waals surface area contributed by atoms with E-state index in [9.17, 15) is 30.8 Å². The zero-order chi connectivity index (χ0) is 30.3. The number of rotatable bonds is 5. The lowest BCUT2D eigenvalue weighted by atomic mass is 9.95. The molecule has 0 unspecified atom stereocenters. The van der Waals surface area contributed by atoms with E-state index < -0.39 is 55.5 Å². The number of aromatic amines is 1. The Labute approximate surface area is 246 Å². The Kier molecular flexibility index (Phi) is 6.82. The summed E-state index contributed by atoms with van der Waals surface area (Å²) in [5.74, 6) is -0.166. The molecule has 4 fully saturated rings. The maximum absolute atomic E-state index is 14.4. The van der Waals surface area contributed by atoms with Crippen LogP contribution in [-0.2, 0) is 28.2 Å². The lowest BCUT2D eigenvalue weighted by Gasteiger charge is -2.37. The fourth-order valence-electron chi connectivity index (χ4n) is 7.97. The summed E-state index contributed by atoms with van der Waals surface area (Å²) in [6.07, 6.45) is -2.23. The molecule has 0 radical (unpaired) electrons. The largest absolute Gasteiger partial charge is 0.461 e. The molecule has 10 nitrogen and oxygen atoms in total. The highest BCUT2D eigenvalue weighted by Gasteiger charge is 2.50. The summed E-state index contributed by atoms with van der Waals surface area (Å²) in [4.78, 5) is 27.9. The molecule has 15 heteroatoms. The second-order valence-electron chi connectivity index (χ2n) is 12.8. The molecule has 2 aromatic heterocycles. The fraction of sp³-hybridized carbons (Fsp3) is 0.679. The number of ether oxygens (including phenoxy) is 1. The lowest BCUT2D eigenvalue weighted by Crippen LogP contribution is -2.52. The number of nitrogens with one attached hydrogen (secondary N) is 2. The van der Waals surface area contributed by atoms with Gasteiger partial charge in [-0.2, -0.15) is 23.1 Å². The van der Waals surface area contributed by atoms with Crippen molar-refractivity contribution in [2.24, 2.45) is 0 Å². The maximum atomic E-state index is 14.4. The second kappa shape index (κ2) is 10.1. The molecule has 5 aliphatic heterocycles. The van der Waals surface area contributed by atoms with Crippen molar-refractivity contribution in [3.8, 4) is 6.01 Å². The van der Waals surface area contributed by atoms with Gasteiger partial charge in [-0.3, -0.25) is 9.69 Å². The molecule has 43 heavy (non-hydrogen) atoms. The molecule has 0 aromatic carbocycles. The van der Waals surface area contributed by atoms with Crippen LogP contribution in [0, 0.1) is 6.92 Å². The zero-order valence-electron chi connectivity index (χ0n) is 23.7. The number of aromatic nitrogens is 3. The molecular formula is C28H34F4N6O4S. The smallest absolute Gasteiger partial charge is 0.418 e. The standard InChI is InChI=1S/C28H34F4N6O4S/c1-15-7-22(39)35-24(23(15)28(30,31)32)21-8-20-19(13-43(21,40)41)25(37-11-17-3-4-18(12-37)33-17)36-26(34-20)42-14-27-5-2-6-38(27)10-16(29)9-27/h7,16-18,21,33H,2-6,8-14H2,1H3,(H,35,39)/t16-,17-,18+,21+,27+/m1/s1. The van der Waals surface area contributed by atoms with Gasteiger partial charge in [0.2, 0.25) is 5.56 Å². The number of alkyl halides is 4. The van der Waals surface area contributed by atoms with Gasteiger partial charge in [0.15, 0.2) is 9.84 Å². The van der Waals surface area contributed by atoms with E-state index >= 15 is 0 Å². The molecule has 234 valence electrons. The molecule has 2 aromatic rings. The lowest BCUT2D eigenvalue weighted by molar-refractivity contribution is -0.139. The Morgan fingerprint density at radius 1 is 1.16 bits per heavy atom. The van der Waals surface area contributed by atoms with Crippen molar-refractivity contribution >= 4 is 15.7 Å². The summed E-state index contributed by atoms with van der Waals surface area (Å²) in [6.45, 7) is 3.61. The predicted molar refractivity (Wildman–Crippen MR) is 149 cm³/mol. The first-order valence-corrected chi connectivity index (χ1v) is 16.5. The van der Waals surface area contributed by atoms with Gasteiger partial charge in [0.1, 0.15) is 23.8 Å². The van der Waals surface area contributed by atoms with Crippen LogP contribution >= 0.6 is 0 Å². The first kappa shape index (κ1) is 29.0. The van der Waals surface area contributed by atoms with E-state index in [1.54, 1.807) is 0 Å². The van der Waals surface area contributed by atoms with Gasteiger partial charge in [-0.25, -0.2) is 12.8 Å². The zero-order valence-corrected chi connectivity index (χ0v) is 24.5. The van der Waals surface area contributed by atoms with E-state index in [1.165, 1.54) is 0 Å². The number of pyridine rings is 1.